The van der Waals surface area contributed by atoms with Gasteiger partial charge in [0.25, 0.3) is 0 Å². The maximum absolute atomic E-state index is 11.7. The van der Waals surface area contributed by atoms with Gasteiger partial charge in [-0.2, -0.15) is 0 Å². The lowest BCUT2D eigenvalue weighted by atomic mass is 9.86. The third-order valence-corrected chi connectivity index (χ3v) is 6.48. The van der Waals surface area contributed by atoms with Gasteiger partial charge >= 0.3 is 5.97 Å². The predicted octanol–water partition coefficient (Wildman–Crippen LogP) is 4.77. The molecule has 4 N–H and O–H groups in total. The Bertz CT molecular complexity index is 1270. The van der Waals surface area contributed by atoms with Gasteiger partial charge in [-0.3, -0.25) is 9.10 Å². The van der Waals surface area contributed by atoms with E-state index in [1.54, 1.807) is 6.20 Å². The molecule has 0 fully saturated rings. The molecule has 3 aromatic rings. The highest BCUT2D eigenvalue weighted by Gasteiger charge is 2.26. The number of pyridine rings is 1. The normalized spacial score (nSPS) is 15.4. The number of anilines is 1. The van der Waals surface area contributed by atoms with Crippen LogP contribution in [-0.4, -0.2) is 38.5 Å². The summed E-state index contributed by atoms with van der Waals surface area (Å²) in [5.41, 5.74) is 3.86. The minimum Gasteiger partial charge on any atom is -0.493 e. The molecule has 8 nitrogen and oxygen atoms in total. The van der Waals surface area contributed by atoms with E-state index in [4.69, 9.17) is 4.74 Å². The van der Waals surface area contributed by atoms with Crippen molar-refractivity contribution in [2.24, 2.45) is 0 Å². The monoisotopic (exact) mass is 475 g/mol. The van der Waals surface area contributed by atoms with Crippen molar-refractivity contribution in [1.82, 2.24) is 19.0 Å². The van der Waals surface area contributed by atoms with Gasteiger partial charge in [-0.25, -0.2) is 4.98 Å². The van der Waals surface area contributed by atoms with E-state index >= 15 is 0 Å². The Kier molecular flexibility index (Phi) is 6.44. The van der Waals surface area contributed by atoms with Crippen molar-refractivity contribution in [2.45, 2.75) is 18.8 Å². The van der Waals surface area contributed by atoms with Gasteiger partial charge < -0.3 is 24.9 Å². The summed E-state index contributed by atoms with van der Waals surface area (Å²) in [4.78, 5) is 19.2. The Hall–Kier alpha value is -3.85. The van der Waals surface area contributed by atoms with Gasteiger partial charge in [-0.05, 0) is 54.0 Å². The highest BCUT2D eigenvalue weighted by molar-refractivity contribution is 7.95. The summed E-state index contributed by atoms with van der Waals surface area (Å²) in [6, 6.07) is 11.7. The van der Waals surface area contributed by atoms with Crippen LogP contribution in [0.25, 0.3) is 10.9 Å². The molecule has 9 heteroatoms. The van der Waals surface area contributed by atoms with Crippen LogP contribution in [0.2, 0.25) is 0 Å². The van der Waals surface area contributed by atoms with Gasteiger partial charge in [0, 0.05) is 54.2 Å². The second-order valence-corrected chi connectivity index (χ2v) is 8.82. The number of carbonyl (C=O) groups is 1. The maximum atomic E-state index is 11.7. The van der Waals surface area contributed by atoms with Crippen LogP contribution in [0.3, 0.4) is 0 Å². The standard InChI is InChI=1S/C25H25N5O3S/c31-25(32)14-21(17-7-10-30-18(12-17)15-29-34-30)22-16-28-23-13-19(5-6-20(22)23)33-11-3-9-27-24-4-1-2-8-26-24/h1-2,4-8,10,12-13,15-16,21,28-29H,3,9,11,14H2,(H,26,27)(H,31,32). The van der Waals surface area contributed by atoms with Crippen LogP contribution in [0.1, 0.15) is 24.3 Å². The first kappa shape index (κ1) is 22.0. The van der Waals surface area contributed by atoms with E-state index in [0.29, 0.717) is 6.61 Å². The average molecular weight is 476 g/mol. The molecule has 0 amide bonds. The number of fused-ring (bicyclic) bond motifs is 2. The number of benzene rings is 1. The van der Waals surface area contributed by atoms with E-state index in [-0.39, 0.29) is 12.3 Å². The number of carboxylic acids is 1. The van der Waals surface area contributed by atoms with Gasteiger partial charge in [0.2, 0.25) is 0 Å². The summed E-state index contributed by atoms with van der Waals surface area (Å²) in [5.74, 6) is 0.539. The molecule has 34 heavy (non-hydrogen) atoms. The van der Waals surface area contributed by atoms with Crippen molar-refractivity contribution in [3.05, 3.63) is 90.2 Å². The lowest BCUT2D eigenvalue weighted by Gasteiger charge is -2.22. The van der Waals surface area contributed by atoms with Gasteiger partial charge in [-0.15, -0.1) is 0 Å². The molecule has 0 bridgehead atoms. The second kappa shape index (κ2) is 9.96. The van der Waals surface area contributed by atoms with E-state index in [0.717, 1.165) is 52.3 Å². The summed E-state index contributed by atoms with van der Waals surface area (Å²) >= 11 is 1.48. The summed E-state index contributed by atoms with van der Waals surface area (Å²) in [5, 5.41) is 13.9. The van der Waals surface area contributed by atoms with Crippen LogP contribution < -0.4 is 14.8 Å². The number of H-pyrrole nitrogens is 1. The van der Waals surface area contributed by atoms with Crippen LogP contribution in [0, 0.1) is 0 Å². The molecule has 1 atom stereocenters. The summed E-state index contributed by atoms with van der Waals surface area (Å²) in [7, 11) is 0. The highest BCUT2D eigenvalue weighted by atomic mass is 32.2. The quantitative estimate of drug-likeness (QED) is 0.246. The fraction of sp³-hybridized carbons (Fsp3) is 0.200. The number of allylic oxidation sites excluding steroid dienone is 3. The third kappa shape index (κ3) is 4.89. The van der Waals surface area contributed by atoms with Gasteiger partial charge in [0.1, 0.15) is 11.6 Å². The molecule has 0 spiro atoms. The van der Waals surface area contributed by atoms with Crippen molar-refractivity contribution in [3.63, 3.8) is 0 Å². The molecule has 1 unspecified atom stereocenters. The van der Waals surface area contributed by atoms with Gasteiger partial charge in [0.05, 0.1) is 30.9 Å². The lowest BCUT2D eigenvalue weighted by molar-refractivity contribution is -0.137. The second-order valence-electron chi connectivity index (χ2n) is 8.01. The van der Waals surface area contributed by atoms with E-state index in [9.17, 15) is 9.90 Å². The largest absolute Gasteiger partial charge is 0.493 e. The average Bonchev–Trinajstić information content (AvgIpc) is 3.49. The fourth-order valence-corrected chi connectivity index (χ4v) is 4.72. The number of ether oxygens (including phenoxy) is 1. The van der Waals surface area contributed by atoms with Crippen LogP contribution in [-0.2, 0) is 4.79 Å². The van der Waals surface area contributed by atoms with Crippen molar-refractivity contribution in [3.8, 4) is 5.75 Å². The number of carboxylic acid groups (broad SMARTS) is 1. The first-order valence-electron chi connectivity index (χ1n) is 11.1. The van der Waals surface area contributed by atoms with Gasteiger partial charge in [0.15, 0.2) is 0 Å². The zero-order valence-electron chi connectivity index (χ0n) is 18.4. The maximum Gasteiger partial charge on any atom is 0.304 e. The van der Waals surface area contributed by atoms with Crippen LogP contribution >= 0.6 is 12.1 Å². The van der Waals surface area contributed by atoms with E-state index in [1.807, 2.05) is 71.5 Å². The minimum absolute atomic E-state index is 0.0124. The predicted molar refractivity (Wildman–Crippen MR) is 134 cm³/mol. The van der Waals surface area contributed by atoms with Crippen molar-refractivity contribution >= 4 is 34.8 Å². The topological polar surface area (TPSA) is 103 Å². The van der Waals surface area contributed by atoms with Crippen molar-refractivity contribution < 1.29 is 14.6 Å². The number of nitrogens with zero attached hydrogens (tertiary/aromatic N) is 2. The Morgan fingerprint density at radius 2 is 2.24 bits per heavy atom. The zero-order valence-corrected chi connectivity index (χ0v) is 19.2. The molecule has 2 aromatic heterocycles. The SMILES string of the molecule is O=C(O)CC(C1=CC2=CNSN2C=C1)c1c[nH]c2cc(OCCCNc3ccccn3)ccc12. The molecule has 0 saturated heterocycles. The summed E-state index contributed by atoms with van der Waals surface area (Å²) in [6.07, 6.45) is 12.4. The Balaban J connectivity index is 1.27. The van der Waals surface area contributed by atoms with Crippen molar-refractivity contribution in [1.29, 1.82) is 0 Å². The number of hydrogen-bond donors (Lipinski definition) is 4. The summed E-state index contributed by atoms with van der Waals surface area (Å²) in [6.45, 7) is 1.35. The zero-order chi connectivity index (χ0) is 23.3. The smallest absolute Gasteiger partial charge is 0.304 e. The summed E-state index contributed by atoms with van der Waals surface area (Å²) < 4.78 is 11.0. The molecule has 0 aliphatic carbocycles. The van der Waals surface area contributed by atoms with E-state index in [2.05, 4.69) is 20.0 Å². The number of rotatable bonds is 10. The lowest BCUT2D eigenvalue weighted by Crippen LogP contribution is -2.13. The minimum atomic E-state index is -0.830. The van der Waals surface area contributed by atoms with Crippen LogP contribution in [0.4, 0.5) is 5.82 Å². The fourth-order valence-electron chi connectivity index (χ4n) is 4.10. The van der Waals surface area contributed by atoms with E-state index in [1.165, 1.54) is 12.1 Å². The first-order chi connectivity index (χ1) is 16.7. The molecule has 1 aromatic carbocycles. The highest BCUT2D eigenvalue weighted by Crippen LogP contribution is 2.39. The molecule has 0 radical (unpaired) electrons. The molecule has 0 saturated carbocycles. The number of aromatic amines is 1. The van der Waals surface area contributed by atoms with Crippen molar-refractivity contribution in [2.75, 3.05) is 18.5 Å². The number of hydrogen-bond acceptors (Lipinski definition) is 7. The molecule has 5 rings (SSSR count). The number of aromatic nitrogens is 2. The Morgan fingerprint density at radius 1 is 1.29 bits per heavy atom. The van der Waals surface area contributed by atoms with Crippen LogP contribution in [0.5, 0.6) is 5.75 Å². The number of nitrogens with one attached hydrogen (secondary N) is 3. The van der Waals surface area contributed by atoms with E-state index < -0.39 is 5.97 Å². The molecular formula is C25H25N5O3S. The Labute approximate surface area is 201 Å². The third-order valence-electron chi connectivity index (χ3n) is 5.73. The first-order valence-corrected chi connectivity index (χ1v) is 11.9. The molecule has 174 valence electrons. The molecule has 4 heterocycles. The molecular weight excluding hydrogens is 450 g/mol. The molecule has 2 aliphatic rings. The number of aliphatic carboxylic acids is 1. The van der Waals surface area contributed by atoms with Gasteiger partial charge in [-0.1, -0.05) is 6.07 Å². The Morgan fingerprint density at radius 3 is 3.09 bits per heavy atom. The van der Waals surface area contributed by atoms with Crippen LogP contribution in [0.15, 0.2) is 84.6 Å². The molecule has 2 aliphatic heterocycles.